The molecule has 2 aromatic carbocycles. The zero-order valence-electron chi connectivity index (χ0n) is 11.9. The van der Waals surface area contributed by atoms with Gasteiger partial charge in [0.2, 0.25) is 0 Å². The number of hydrogen-bond donors (Lipinski definition) is 1. The van der Waals surface area contributed by atoms with Crippen LogP contribution < -0.4 is 10.1 Å². The predicted molar refractivity (Wildman–Crippen MR) is 80.3 cm³/mol. The second-order valence-corrected chi connectivity index (χ2v) is 4.76. The van der Waals surface area contributed by atoms with Crippen LogP contribution in [0.5, 0.6) is 5.75 Å². The van der Waals surface area contributed by atoms with Crippen LogP contribution in [0.25, 0.3) is 11.0 Å². The Bertz CT molecular complexity index is 826. The van der Waals surface area contributed by atoms with Crippen LogP contribution >= 0.6 is 0 Å². The van der Waals surface area contributed by atoms with E-state index in [-0.39, 0.29) is 18.1 Å². The number of methoxy groups -OCH3 is 1. The highest BCUT2D eigenvalue weighted by Gasteiger charge is 2.15. The van der Waals surface area contributed by atoms with Gasteiger partial charge >= 0.3 is 0 Å². The van der Waals surface area contributed by atoms with Crippen molar-refractivity contribution in [2.24, 2.45) is 0 Å². The van der Waals surface area contributed by atoms with Crippen molar-refractivity contribution in [1.29, 1.82) is 0 Å². The number of hydrogen-bond acceptors (Lipinski definition) is 3. The van der Waals surface area contributed by atoms with Gasteiger partial charge in [-0.15, -0.1) is 0 Å². The Morgan fingerprint density at radius 2 is 2.05 bits per heavy atom. The van der Waals surface area contributed by atoms with Gasteiger partial charge in [0.25, 0.3) is 5.91 Å². The number of halogens is 1. The molecule has 1 amide bonds. The van der Waals surface area contributed by atoms with E-state index in [0.29, 0.717) is 16.9 Å². The van der Waals surface area contributed by atoms with E-state index in [1.54, 1.807) is 30.3 Å². The third-order valence-corrected chi connectivity index (χ3v) is 3.35. The fourth-order valence-corrected chi connectivity index (χ4v) is 2.21. The first-order valence-electron chi connectivity index (χ1n) is 6.77. The molecule has 1 aromatic heterocycles. The summed E-state index contributed by atoms with van der Waals surface area (Å²) < 4.78 is 24.2. The molecule has 0 bridgehead atoms. The molecule has 22 heavy (non-hydrogen) atoms. The summed E-state index contributed by atoms with van der Waals surface area (Å²) in [5.41, 5.74) is 0.936. The number of carbonyl (C=O) groups is 1. The average molecular weight is 299 g/mol. The van der Waals surface area contributed by atoms with Crippen LogP contribution in [0.2, 0.25) is 0 Å². The zero-order chi connectivity index (χ0) is 15.5. The fraction of sp³-hybridized carbons (Fsp3) is 0.118. The fourth-order valence-electron chi connectivity index (χ4n) is 2.21. The molecular weight excluding hydrogens is 285 g/mol. The van der Waals surface area contributed by atoms with Gasteiger partial charge in [-0.05, 0) is 18.2 Å². The lowest BCUT2D eigenvalue weighted by molar-refractivity contribution is 0.0925. The van der Waals surface area contributed by atoms with Gasteiger partial charge in [0.15, 0.2) is 17.1 Å². The van der Waals surface area contributed by atoms with Crippen LogP contribution in [0.4, 0.5) is 4.39 Å². The molecule has 0 aliphatic rings. The van der Waals surface area contributed by atoms with Crippen LogP contribution in [-0.2, 0) is 6.54 Å². The van der Waals surface area contributed by atoms with Crippen LogP contribution in [0.1, 0.15) is 16.1 Å². The van der Waals surface area contributed by atoms with E-state index < -0.39 is 5.91 Å². The van der Waals surface area contributed by atoms with E-state index in [1.807, 2.05) is 12.1 Å². The lowest BCUT2D eigenvalue weighted by Crippen LogP contribution is -2.22. The van der Waals surface area contributed by atoms with E-state index in [0.717, 1.165) is 5.39 Å². The topological polar surface area (TPSA) is 51.5 Å². The minimum Gasteiger partial charge on any atom is -0.493 e. The Balaban J connectivity index is 1.79. The largest absolute Gasteiger partial charge is 0.493 e. The van der Waals surface area contributed by atoms with Gasteiger partial charge in [-0.25, -0.2) is 4.39 Å². The Kier molecular flexibility index (Phi) is 3.78. The van der Waals surface area contributed by atoms with Gasteiger partial charge in [0.1, 0.15) is 5.82 Å². The highest BCUT2D eigenvalue weighted by Crippen LogP contribution is 2.28. The Morgan fingerprint density at radius 3 is 2.82 bits per heavy atom. The number of para-hydroxylation sites is 1. The molecule has 0 unspecified atom stereocenters. The Labute approximate surface area is 126 Å². The first-order chi connectivity index (χ1) is 10.7. The molecule has 3 aromatic rings. The summed E-state index contributed by atoms with van der Waals surface area (Å²) >= 11 is 0. The third kappa shape index (κ3) is 2.65. The van der Waals surface area contributed by atoms with Crippen molar-refractivity contribution in [3.63, 3.8) is 0 Å². The number of carbonyl (C=O) groups excluding carboxylic acids is 1. The molecular formula is C17H14FNO3. The molecule has 0 saturated carbocycles. The average Bonchev–Trinajstić information content (AvgIpc) is 2.98. The molecule has 1 heterocycles. The second-order valence-electron chi connectivity index (χ2n) is 4.76. The zero-order valence-corrected chi connectivity index (χ0v) is 11.9. The smallest absolute Gasteiger partial charge is 0.287 e. The van der Waals surface area contributed by atoms with Gasteiger partial charge in [0, 0.05) is 17.5 Å². The van der Waals surface area contributed by atoms with E-state index in [4.69, 9.17) is 9.15 Å². The first-order valence-corrected chi connectivity index (χ1v) is 6.77. The van der Waals surface area contributed by atoms with Crippen molar-refractivity contribution < 1.29 is 18.3 Å². The minimum atomic E-state index is -0.401. The monoisotopic (exact) mass is 299 g/mol. The summed E-state index contributed by atoms with van der Waals surface area (Å²) in [6.07, 6.45) is 0. The van der Waals surface area contributed by atoms with Gasteiger partial charge in [-0.2, -0.15) is 0 Å². The molecule has 3 rings (SSSR count). The van der Waals surface area contributed by atoms with Gasteiger partial charge < -0.3 is 14.5 Å². The van der Waals surface area contributed by atoms with Crippen molar-refractivity contribution in [1.82, 2.24) is 5.32 Å². The number of fused-ring (bicyclic) bond motifs is 1. The van der Waals surface area contributed by atoms with Crippen LogP contribution in [0.3, 0.4) is 0 Å². The summed E-state index contributed by atoms with van der Waals surface area (Å²) in [5, 5.41) is 3.41. The minimum absolute atomic E-state index is 0.0969. The Hall–Kier alpha value is -2.82. The van der Waals surface area contributed by atoms with Gasteiger partial charge in [0.05, 0.1) is 7.11 Å². The molecule has 0 radical (unpaired) electrons. The molecule has 0 aliphatic heterocycles. The van der Waals surface area contributed by atoms with Crippen molar-refractivity contribution in [2.45, 2.75) is 6.54 Å². The quantitative estimate of drug-likeness (QED) is 0.802. The molecule has 112 valence electrons. The SMILES string of the molecule is COc1cccc2cc(C(=O)NCc3ccccc3F)oc12. The lowest BCUT2D eigenvalue weighted by atomic mass is 10.2. The van der Waals surface area contributed by atoms with E-state index in [2.05, 4.69) is 5.32 Å². The summed E-state index contributed by atoms with van der Waals surface area (Å²) in [6, 6.07) is 13.3. The summed E-state index contributed by atoms with van der Waals surface area (Å²) in [6.45, 7) is 0.0969. The molecule has 4 nitrogen and oxygen atoms in total. The van der Waals surface area contributed by atoms with E-state index >= 15 is 0 Å². The highest BCUT2D eigenvalue weighted by atomic mass is 19.1. The van der Waals surface area contributed by atoms with Gasteiger partial charge in [-0.3, -0.25) is 4.79 Å². The van der Waals surface area contributed by atoms with Crippen LogP contribution in [0, 0.1) is 5.82 Å². The molecule has 0 fully saturated rings. The summed E-state index contributed by atoms with van der Waals surface area (Å²) in [4.78, 5) is 12.1. The number of amides is 1. The number of furan rings is 1. The Morgan fingerprint density at radius 1 is 1.23 bits per heavy atom. The number of rotatable bonds is 4. The normalized spacial score (nSPS) is 10.6. The number of ether oxygens (including phenoxy) is 1. The van der Waals surface area contributed by atoms with E-state index in [9.17, 15) is 9.18 Å². The molecule has 0 atom stereocenters. The molecule has 0 aliphatic carbocycles. The molecule has 1 N–H and O–H groups in total. The summed E-state index contributed by atoms with van der Waals surface area (Å²) in [7, 11) is 1.54. The number of nitrogens with one attached hydrogen (secondary N) is 1. The second kappa shape index (κ2) is 5.89. The molecule has 0 spiro atoms. The maximum atomic E-state index is 13.5. The highest BCUT2D eigenvalue weighted by molar-refractivity contribution is 5.97. The molecule has 0 saturated heterocycles. The number of benzene rings is 2. The molecule has 5 heteroatoms. The van der Waals surface area contributed by atoms with Crippen LogP contribution in [-0.4, -0.2) is 13.0 Å². The first kappa shape index (κ1) is 14.1. The maximum Gasteiger partial charge on any atom is 0.287 e. The van der Waals surface area contributed by atoms with Gasteiger partial charge in [-0.1, -0.05) is 30.3 Å². The summed E-state index contributed by atoms with van der Waals surface area (Å²) in [5.74, 6) is -0.0305. The van der Waals surface area contributed by atoms with Crippen LogP contribution in [0.15, 0.2) is 52.9 Å². The van der Waals surface area contributed by atoms with Crippen molar-refractivity contribution >= 4 is 16.9 Å². The predicted octanol–water partition coefficient (Wildman–Crippen LogP) is 3.51. The van der Waals surface area contributed by atoms with Crippen molar-refractivity contribution in [3.8, 4) is 5.75 Å². The third-order valence-electron chi connectivity index (χ3n) is 3.35. The van der Waals surface area contributed by atoms with Crippen molar-refractivity contribution in [3.05, 3.63) is 65.7 Å². The maximum absolute atomic E-state index is 13.5. The lowest BCUT2D eigenvalue weighted by Gasteiger charge is -2.04. The van der Waals surface area contributed by atoms with E-state index in [1.165, 1.54) is 13.2 Å². The standard InChI is InChI=1S/C17H14FNO3/c1-21-14-8-4-6-11-9-15(22-16(11)14)17(20)19-10-12-5-2-3-7-13(12)18/h2-9H,10H2,1H3,(H,19,20). The van der Waals surface area contributed by atoms with Crippen molar-refractivity contribution in [2.75, 3.05) is 7.11 Å².